The Bertz CT molecular complexity index is 1140. The number of thioether (sulfide) groups is 1. The number of aliphatic imine (C=N–C) groups is 1. The van der Waals surface area contributed by atoms with Gasteiger partial charge in [-0.15, -0.1) is 0 Å². The number of unbranched alkanes of at least 4 members (excludes halogenated alkanes) is 1. The molecule has 2 atom stereocenters. The molecule has 37 heavy (non-hydrogen) atoms. The van der Waals surface area contributed by atoms with Crippen LogP contribution in [0.5, 0.6) is 0 Å². The predicted octanol–water partition coefficient (Wildman–Crippen LogP) is 6.67. The molecule has 0 aromatic heterocycles. The standard InChI is InChI=1S/C30H37N3O3S/c1-4-7-12-21(5-2)28(34)31-24-17-15-23(16-18-24)27-25(29(35)36-6-3)26(22-13-9-8-10-14-22)32-30-33(27)19-11-20-37-30/h8-10,13-18,21,27H,4-7,11-12,19-20H2,1-3H3,(H,31,34). The van der Waals surface area contributed by atoms with Gasteiger partial charge in [-0.1, -0.05) is 80.9 Å². The van der Waals surface area contributed by atoms with Crippen molar-refractivity contribution in [3.63, 3.8) is 0 Å². The number of esters is 1. The average Bonchev–Trinajstić information content (AvgIpc) is 2.93. The molecule has 0 bridgehead atoms. The lowest BCUT2D eigenvalue weighted by molar-refractivity contribution is -0.139. The molecule has 2 heterocycles. The summed E-state index contributed by atoms with van der Waals surface area (Å²) >= 11 is 1.73. The summed E-state index contributed by atoms with van der Waals surface area (Å²) < 4.78 is 5.56. The Morgan fingerprint density at radius 2 is 1.86 bits per heavy atom. The van der Waals surface area contributed by atoms with E-state index in [1.807, 2.05) is 61.5 Å². The molecule has 1 amide bonds. The molecule has 0 saturated carbocycles. The number of amides is 1. The van der Waals surface area contributed by atoms with Gasteiger partial charge in [0.05, 0.1) is 23.9 Å². The maximum Gasteiger partial charge on any atom is 0.338 e. The van der Waals surface area contributed by atoms with Gasteiger partial charge < -0.3 is 15.0 Å². The highest BCUT2D eigenvalue weighted by Crippen LogP contribution is 2.43. The number of rotatable bonds is 10. The van der Waals surface area contributed by atoms with Gasteiger partial charge in [-0.25, -0.2) is 9.79 Å². The van der Waals surface area contributed by atoms with E-state index in [2.05, 4.69) is 24.1 Å². The fourth-order valence-electron chi connectivity index (χ4n) is 4.90. The number of nitrogens with zero attached hydrogens (tertiary/aromatic N) is 2. The topological polar surface area (TPSA) is 71.0 Å². The van der Waals surface area contributed by atoms with Crippen molar-refractivity contribution in [2.75, 3.05) is 24.2 Å². The highest BCUT2D eigenvalue weighted by molar-refractivity contribution is 8.13. The van der Waals surface area contributed by atoms with Gasteiger partial charge in [0.2, 0.25) is 5.91 Å². The van der Waals surface area contributed by atoms with E-state index in [4.69, 9.17) is 9.73 Å². The van der Waals surface area contributed by atoms with Gasteiger partial charge in [-0.2, -0.15) is 0 Å². The van der Waals surface area contributed by atoms with Gasteiger partial charge >= 0.3 is 5.97 Å². The zero-order chi connectivity index (χ0) is 26.2. The minimum atomic E-state index is -0.344. The van der Waals surface area contributed by atoms with Crippen LogP contribution < -0.4 is 5.32 Å². The van der Waals surface area contributed by atoms with E-state index in [1.54, 1.807) is 11.8 Å². The first kappa shape index (κ1) is 27.0. The number of amidine groups is 1. The smallest absolute Gasteiger partial charge is 0.338 e. The van der Waals surface area contributed by atoms with Crippen LogP contribution in [0.2, 0.25) is 0 Å². The summed E-state index contributed by atoms with van der Waals surface area (Å²) in [6.45, 7) is 7.15. The number of nitrogens with one attached hydrogen (secondary N) is 1. The van der Waals surface area contributed by atoms with E-state index < -0.39 is 0 Å². The number of carbonyl (C=O) groups excluding carboxylic acids is 2. The van der Waals surface area contributed by atoms with Gasteiger partial charge in [-0.3, -0.25) is 4.79 Å². The molecule has 0 aliphatic carbocycles. The third kappa shape index (κ3) is 6.27. The second-order valence-corrected chi connectivity index (χ2v) is 10.5. The molecule has 1 fully saturated rings. The quantitative estimate of drug-likeness (QED) is 0.355. The lowest BCUT2D eigenvalue weighted by Gasteiger charge is -2.41. The van der Waals surface area contributed by atoms with Gasteiger partial charge in [-0.05, 0) is 43.9 Å². The summed E-state index contributed by atoms with van der Waals surface area (Å²) in [5, 5.41) is 4.03. The lowest BCUT2D eigenvalue weighted by atomic mass is 9.91. The van der Waals surface area contributed by atoms with E-state index in [1.165, 1.54) is 0 Å². The lowest BCUT2D eigenvalue weighted by Crippen LogP contribution is -2.42. The molecule has 4 rings (SSSR count). The second kappa shape index (κ2) is 13.0. The molecule has 2 aliphatic rings. The minimum Gasteiger partial charge on any atom is -0.463 e. The molecule has 0 radical (unpaired) electrons. The van der Waals surface area contributed by atoms with Crippen LogP contribution in [-0.4, -0.2) is 40.8 Å². The first-order valence-electron chi connectivity index (χ1n) is 13.4. The number of ether oxygens (including phenoxy) is 1. The van der Waals surface area contributed by atoms with E-state index in [0.29, 0.717) is 17.9 Å². The molecule has 1 N–H and O–H groups in total. The van der Waals surface area contributed by atoms with E-state index in [9.17, 15) is 9.59 Å². The second-order valence-electron chi connectivity index (χ2n) is 9.40. The Morgan fingerprint density at radius 3 is 2.54 bits per heavy atom. The Morgan fingerprint density at radius 1 is 1.11 bits per heavy atom. The number of anilines is 1. The van der Waals surface area contributed by atoms with Gasteiger partial charge in [0.1, 0.15) is 0 Å². The molecule has 196 valence electrons. The van der Waals surface area contributed by atoms with Crippen LogP contribution >= 0.6 is 11.8 Å². The molecule has 7 heteroatoms. The van der Waals surface area contributed by atoms with Crippen molar-refractivity contribution in [1.29, 1.82) is 0 Å². The number of hydrogen-bond donors (Lipinski definition) is 1. The Balaban J connectivity index is 1.70. The van der Waals surface area contributed by atoms with Crippen LogP contribution in [0, 0.1) is 5.92 Å². The monoisotopic (exact) mass is 519 g/mol. The van der Waals surface area contributed by atoms with Crippen molar-refractivity contribution < 1.29 is 14.3 Å². The van der Waals surface area contributed by atoms with Crippen LogP contribution in [0.1, 0.15) is 70.0 Å². The Labute approximate surface area is 224 Å². The molecule has 6 nitrogen and oxygen atoms in total. The number of carbonyl (C=O) groups is 2. The zero-order valence-corrected chi connectivity index (χ0v) is 22.9. The maximum atomic E-state index is 13.4. The summed E-state index contributed by atoms with van der Waals surface area (Å²) in [7, 11) is 0. The number of benzene rings is 2. The van der Waals surface area contributed by atoms with E-state index >= 15 is 0 Å². The van der Waals surface area contributed by atoms with Crippen molar-refractivity contribution in [3.8, 4) is 0 Å². The van der Waals surface area contributed by atoms with Crippen molar-refractivity contribution in [1.82, 2.24) is 4.90 Å². The van der Waals surface area contributed by atoms with Crippen molar-refractivity contribution in [2.24, 2.45) is 10.9 Å². The zero-order valence-electron chi connectivity index (χ0n) is 22.0. The molecule has 2 unspecified atom stereocenters. The predicted molar refractivity (Wildman–Crippen MR) is 152 cm³/mol. The Hall–Kier alpha value is -3.06. The minimum absolute atomic E-state index is 0.0221. The van der Waals surface area contributed by atoms with Crippen LogP contribution in [0.25, 0.3) is 5.70 Å². The SMILES string of the molecule is CCCCC(CC)C(=O)Nc1ccc(C2C(C(=O)OCC)=C(c3ccccc3)N=C3SCCCN32)cc1. The van der Waals surface area contributed by atoms with Crippen LogP contribution in [0.3, 0.4) is 0 Å². The van der Waals surface area contributed by atoms with Crippen LogP contribution in [0.15, 0.2) is 65.2 Å². The largest absolute Gasteiger partial charge is 0.463 e. The van der Waals surface area contributed by atoms with Crippen molar-refractivity contribution in [3.05, 3.63) is 71.3 Å². The molecule has 0 spiro atoms. The average molecular weight is 520 g/mol. The molecular formula is C30H37N3O3S. The Kier molecular flexibility index (Phi) is 9.45. The summed E-state index contributed by atoms with van der Waals surface area (Å²) in [6, 6.07) is 17.4. The van der Waals surface area contributed by atoms with Gasteiger partial charge in [0.15, 0.2) is 5.17 Å². The molecule has 1 saturated heterocycles. The van der Waals surface area contributed by atoms with E-state index in [0.717, 1.165) is 66.4 Å². The molecule has 2 aliphatic heterocycles. The summed E-state index contributed by atoms with van der Waals surface area (Å²) in [6.07, 6.45) is 4.89. The van der Waals surface area contributed by atoms with Gasteiger partial charge in [0.25, 0.3) is 0 Å². The first-order valence-corrected chi connectivity index (χ1v) is 14.4. The first-order chi connectivity index (χ1) is 18.1. The normalized spacial score (nSPS) is 18.1. The van der Waals surface area contributed by atoms with Crippen molar-refractivity contribution >= 4 is 40.2 Å². The van der Waals surface area contributed by atoms with E-state index in [-0.39, 0.29) is 23.8 Å². The third-order valence-corrected chi connectivity index (χ3v) is 7.95. The summed E-state index contributed by atoms with van der Waals surface area (Å²) in [5.74, 6) is 0.750. The number of fused-ring (bicyclic) bond motifs is 1. The van der Waals surface area contributed by atoms with Crippen LogP contribution in [-0.2, 0) is 14.3 Å². The highest BCUT2D eigenvalue weighted by Gasteiger charge is 2.39. The maximum absolute atomic E-state index is 13.4. The molecular weight excluding hydrogens is 482 g/mol. The summed E-state index contributed by atoms with van der Waals surface area (Å²) in [5.41, 5.74) is 3.87. The molecule has 2 aromatic rings. The summed E-state index contributed by atoms with van der Waals surface area (Å²) in [4.78, 5) is 33.4. The molecule has 2 aromatic carbocycles. The fraction of sp³-hybridized carbons (Fsp3) is 0.433. The fourth-order valence-corrected chi connectivity index (χ4v) is 5.87. The third-order valence-electron chi connectivity index (χ3n) is 6.87. The number of hydrogen-bond acceptors (Lipinski definition) is 6. The van der Waals surface area contributed by atoms with Gasteiger partial charge in [0, 0.05) is 29.5 Å². The van der Waals surface area contributed by atoms with Crippen molar-refractivity contribution in [2.45, 2.75) is 58.9 Å². The van der Waals surface area contributed by atoms with Crippen LogP contribution in [0.4, 0.5) is 5.69 Å². The highest BCUT2D eigenvalue weighted by atomic mass is 32.2.